The summed E-state index contributed by atoms with van der Waals surface area (Å²) in [6.45, 7) is 3.84. The highest BCUT2D eigenvalue weighted by Gasteiger charge is 2.28. The van der Waals surface area contributed by atoms with Gasteiger partial charge < -0.3 is 14.9 Å². The smallest absolute Gasteiger partial charge is 0.119 e. The summed E-state index contributed by atoms with van der Waals surface area (Å²) in [5.74, 6) is 0.774. The van der Waals surface area contributed by atoms with E-state index in [0.717, 1.165) is 5.75 Å². The summed E-state index contributed by atoms with van der Waals surface area (Å²) in [7, 11) is 0. The summed E-state index contributed by atoms with van der Waals surface area (Å²) >= 11 is 0. The number of ether oxygens (including phenoxy) is 1. The van der Waals surface area contributed by atoms with E-state index >= 15 is 0 Å². The van der Waals surface area contributed by atoms with Crippen LogP contribution < -0.4 is 4.74 Å². The number of hydrogen-bond acceptors (Lipinski definition) is 3. The van der Waals surface area contributed by atoms with Crippen LogP contribution in [0.25, 0.3) is 0 Å². The van der Waals surface area contributed by atoms with Crippen LogP contribution in [0.5, 0.6) is 5.75 Å². The van der Waals surface area contributed by atoms with Crippen molar-refractivity contribution in [3.05, 3.63) is 30.3 Å². The first kappa shape index (κ1) is 12.0. The second-order valence-electron chi connectivity index (χ2n) is 4.29. The van der Waals surface area contributed by atoms with Crippen LogP contribution in [0.2, 0.25) is 0 Å². The van der Waals surface area contributed by atoms with Crippen LogP contribution in [-0.4, -0.2) is 29.5 Å². The van der Waals surface area contributed by atoms with Crippen LogP contribution >= 0.6 is 0 Å². The Morgan fingerprint density at radius 3 is 2.40 bits per heavy atom. The van der Waals surface area contributed by atoms with Gasteiger partial charge in [0.15, 0.2) is 0 Å². The minimum absolute atomic E-state index is 0.245. The van der Waals surface area contributed by atoms with E-state index in [1.807, 2.05) is 44.2 Å². The third-order valence-electron chi connectivity index (χ3n) is 2.43. The molecule has 1 rings (SSSR count). The van der Waals surface area contributed by atoms with Crippen molar-refractivity contribution in [2.75, 3.05) is 13.2 Å². The summed E-state index contributed by atoms with van der Waals surface area (Å²) in [5, 5.41) is 18.4. The molecule has 0 aromatic heterocycles. The van der Waals surface area contributed by atoms with Gasteiger partial charge in [-0.05, 0) is 12.1 Å². The van der Waals surface area contributed by atoms with Gasteiger partial charge in [0.25, 0.3) is 0 Å². The van der Waals surface area contributed by atoms with Gasteiger partial charge in [-0.1, -0.05) is 32.0 Å². The largest absolute Gasteiger partial charge is 0.493 e. The Kier molecular flexibility index (Phi) is 4.12. The maximum atomic E-state index is 9.53. The van der Waals surface area contributed by atoms with Gasteiger partial charge in [-0.2, -0.15) is 0 Å². The van der Waals surface area contributed by atoms with E-state index in [-0.39, 0.29) is 6.61 Å². The van der Waals surface area contributed by atoms with Gasteiger partial charge in [0.2, 0.25) is 0 Å². The highest BCUT2D eigenvalue weighted by molar-refractivity contribution is 5.21. The summed E-state index contributed by atoms with van der Waals surface area (Å²) in [4.78, 5) is 0. The molecule has 0 saturated carbocycles. The van der Waals surface area contributed by atoms with E-state index in [0.29, 0.717) is 6.61 Å². The molecule has 3 nitrogen and oxygen atoms in total. The number of hydrogen-bond donors (Lipinski definition) is 2. The fourth-order valence-corrected chi connectivity index (χ4v) is 1.13. The van der Waals surface area contributed by atoms with Crippen LogP contribution in [0.3, 0.4) is 0 Å². The SMILES string of the molecule is CC(C)(COc1ccccc1)C(O)CO. The van der Waals surface area contributed by atoms with Crippen LogP contribution in [-0.2, 0) is 0 Å². The van der Waals surface area contributed by atoms with Crippen LogP contribution in [0, 0.1) is 5.41 Å². The Morgan fingerprint density at radius 2 is 1.87 bits per heavy atom. The third kappa shape index (κ3) is 3.53. The summed E-state index contributed by atoms with van der Waals surface area (Å²) < 4.78 is 5.52. The van der Waals surface area contributed by atoms with E-state index in [4.69, 9.17) is 9.84 Å². The summed E-state index contributed by atoms with van der Waals surface area (Å²) in [5.41, 5.74) is -0.454. The van der Waals surface area contributed by atoms with Gasteiger partial charge in [-0.25, -0.2) is 0 Å². The molecule has 1 atom stereocenters. The Labute approximate surface area is 90.3 Å². The Balaban J connectivity index is 2.49. The van der Waals surface area contributed by atoms with Crippen molar-refractivity contribution < 1.29 is 14.9 Å². The van der Waals surface area contributed by atoms with Gasteiger partial charge >= 0.3 is 0 Å². The summed E-state index contributed by atoms with van der Waals surface area (Å²) in [6.07, 6.45) is -0.763. The monoisotopic (exact) mass is 210 g/mol. The number of rotatable bonds is 5. The van der Waals surface area contributed by atoms with Crippen molar-refractivity contribution in [3.63, 3.8) is 0 Å². The van der Waals surface area contributed by atoms with Gasteiger partial charge in [-0.15, -0.1) is 0 Å². The van der Waals surface area contributed by atoms with Gasteiger partial charge in [0.05, 0.1) is 19.3 Å². The van der Waals surface area contributed by atoms with Gasteiger partial charge in [0, 0.05) is 5.41 Å². The molecule has 0 spiro atoms. The molecule has 0 radical (unpaired) electrons. The standard InChI is InChI=1S/C12H18O3/c1-12(2,11(14)8-13)9-15-10-6-4-3-5-7-10/h3-7,11,13-14H,8-9H2,1-2H3. The van der Waals surface area contributed by atoms with Crippen molar-refractivity contribution >= 4 is 0 Å². The van der Waals surface area contributed by atoms with Crippen LogP contribution in [0.15, 0.2) is 30.3 Å². The molecule has 0 heterocycles. The number of aliphatic hydroxyl groups is 2. The van der Waals surface area contributed by atoms with E-state index in [1.54, 1.807) is 0 Å². The second-order valence-corrected chi connectivity index (χ2v) is 4.29. The molecule has 0 amide bonds. The fourth-order valence-electron chi connectivity index (χ4n) is 1.13. The van der Waals surface area contributed by atoms with E-state index in [2.05, 4.69) is 0 Å². The molecule has 3 heteroatoms. The lowest BCUT2D eigenvalue weighted by Gasteiger charge is -2.28. The highest BCUT2D eigenvalue weighted by atomic mass is 16.5. The maximum Gasteiger partial charge on any atom is 0.119 e. The molecule has 1 unspecified atom stereocenters. The lowest BCUT2D eigenvalue weighted by molar-refractivity contribution is -0.0199. The molecule has 1 aromatic rings. The topological polar surface area (TPSA) is 49.7 Å². The first-order chi connectivity index (χ1) is 7.06. The zero-order valence-corrected chi connectivity index (χ0v) is 9.18. The quantitative estimate of drug-likeness (QED) is 0.773. The molecule has 0 fully saturated rings. The number of para-hydroxylation sites is 1. The third-order valence-corrected chi connectivity index (χ3v) is 2.43. The molecule has 0 aliphatic rings. The minimum atomic E-state index is -0.763. The molecular formula is C12H18O3. The molecule has 1 aromatic carbocycles. The van der Waals surface area contributed by atoms with Crippen LogP contribution in [0.4, 0.5) is 0 Å². The lowest BCUT2D eigenvalue weighted by atomic mass is 9.88. The minimum Gasteiger partial charge on any atom is -0.493 e. The average Bonchev–Trinajstić information content (AvgIpc) is 2.27. The van der Waals surface area contributed by atoms with Crippen molar-refractivity contribution in [2.24, 2.45) is 5.41 Å². The first-order valence-corrected chi connectivity index (χ1v) is 5.03. The zero-order chi connectivity index (χ0) is 11.3. The normalized spacial score (nSPS) is 13.6. The predicted molar refractivity (Wildman–Crippen MR) is 58.8 cm³/mol. The van der Waals surface area contributed by atoms with Gasteiger partial charge in [0.1, 0.15) is 5.75 Å². The second kappa shape index (κ2) is 5.14. The maximum absolute atomic E-state index is 9.53. The number of benzene rings is 1. The van der Waals surface area contributed by atoms with E-state index < -0.39 is 11.5 Å². The zero-order valence-electron chi connectivity index (χ0n) is 9.18. The highest BCUT2D eigenvalue weighted by Crippen LogP contribution is 2.22. The molecule has 0 aliphatic carbocycles. The van der Waals surface area contributed by atoms with Crippen molar-refractivity contribution in [1.29, 1.82) is 0 Å². The average molecular weight is 210 g/mol. The molecule has 0 bridgehead atoms. The first-order valence-electron chi connectivity index (χ1n) is 5.03. The molecule has 15 heavy (non-hydrogen) atoms. The summed E-state index contributed by atoms with van der Waals surface area (Å²) in [6, 6.07) is 9.43. The predicted octanol–water partition coefficient (Wildman–Crippen LogP) is 1.44. The van der Waals surface area contributed by atoms with E-state index in [1.165, 1.54) is 0 Å². The number of aliphatic hydroxyl groups excluding tert-OH is 2. The fraction of sp³-hybridized carbons (Fsp3) is 0.500. The lowest BCUT2D eigenvalue weighted by Crippen LogP contribution is -2.37. The molecule has 84 valence electrons. The Bertz CT molecular complexity index is 282. The van der Waals surface area contributed by atoms with E-state index in [9.17, 15) is 5.11 Å². The van der Waals surface area contributed by atoms with Gasteiger partial charge in [-0.3, -0.25) is 0 Å². The van der Waals surface area contributed by atoms with Crippen molar-refractivity contribution in [2.45, 2.75) is 20.0 Å². The molecule has 0 aliphatic heterocycles. The Hall–Kier alpha value is -1.06. The molecule has 0 saturated heterocycles. The molecule has 2 N–H and O–H groups in total. The Morgan fingerprint density at radius 1 is 1.27 bits per heavy atom. The molecular weight excluding hydrogens is 192 g/mol. The van der Waals surface area contributed by atoms with Crippen molar-refractivity contribution in [3.8, 4) is 5.75 Å². The van der Waals surface area contributed by atoms with Crippen LogP contribution in [0.1, 0.15) is 13.8 Å². The van der Waals surface area contributed by atoms with Crippen molar-refractivity contribution in [1.82, 2.24) is 0 Å².